The topological polar surface area (TPSA) is 120 Å². The van der Waals surface area contributed by atoms with Crippen molar-refractivity contribution in [1.82, 2.24) is 9.47 Å². The number of ether oxygens (including phenoxy) is 1. The van der Waals surface area contributed by atoms with Gasteiger partial charge in [-0.1, -0.05) is 73.7 Å². The summed E-state index contributed by atoms with van der Waals surface area (Å²) in [4.78, 5) is 19.5. The van der Waals surface area contributed by atoms with E-state index in [1.165, 1.54) is 4.57 Å². The highest BCUT2D eigenvalue weighted by Crippen LogP contribution is 2.48. The smallest absolute Gasteiger partial charge is 0.257 e. The van der Waals surface area contributed by atoms with Crippen molar-refractivity contribution in [2.45, 2.75) is 19.9 Å². The lowest BCUT2D eigenvalue weighted by Crippen LogP contribution is -2.40. The van der Waals surface area contributed by atoms with Gasteiger partial charge in [0, 0.05) is 18.8 Å². The van der Waals surface area contributed by atoms with Crippen molar-refractivity contribution in [3.05, 3.63) is 95.6 Å². The van der Waals surface area contributed by atoms with Crippen LogP contribution in [0.25, 0.3) is 0 Å². The van der Waals surface area contributed by atoms with Crippen LogP contribution in [-0.4, -0.2) is 62.7 Å². The molecule has 0 saturated carbocycles. The first kappa shape index (κ1) is 26.8. The number of phenols is 1. The van der Waals surface area contributed by atoms with Crippen LogP contribution in [0.3, 0.4) is 0 Å². The molecule has 0 bridgehead atoms. The molecule has 0 unspecified atom stereocenters. The van der Waals surface area contributed by atoms with Crippen LogP contribution in [0.15, 0.2) is 83.9 Å². The van der Waals surface area contributed by atoms with Gasteiger partial charge in [-0.15, -0.1) is 0 Å². The second-order valence-electron chi connectivity index (χ2n) is 9.45. The Labute approximate surface area is 232 Å². The number of nitrogens with one attached hydrogen (secondary N) is 1. The average molecular weight is 541 g/mol. The van der Waals surface area contributed by atoms with Crippen LogP contribution >= 0.6 is 0 Å². The van der Waals surface area contributed by atoms with Gasteiger partial charge in [0.15, 0.2) is 11.4 Å². The molecule has 0 aliphatic carbocycles. The van der Waals surface area contributed by atoms with Gasteiger partial charge in [-0.2, -0.15) is 0 Å². The van der Waals surface area contributed by atoms with E-state index in [0.29, 0.717) is 38.4 Å². The fraction of sp³-hybridized carbons (Fsp3) is 0.226. The van der Waals surface area contributed by atoms with E-state index in [2.05, 4.69) is 5.32 Å². The Kier molecular flexibility index (Phi) is 8.02. The number of aliphatic imine (C=N–C) groups is 1. The Morgan fingerprint density at radius 2 is 1.57 bits per heavy atom. The zero-order valence-corrected chi connectivity index (χ0v) is 22.2. The van der Waals surface area contributed by atoms with Gasteiger partial charge < -0.3 is 30.3 Å². The number of para-hydroxylation sites is 1. The van der Waals surface area contributed by atoms with E-state index in [-0.39, 0.29) is 52.6 Å². The SMILES string of the molecule is CCC(=Nc1c(Nc2cccc(C(=O)N3CCOCC3)c2O)c(O)n(Cc2ccccc2)c1O)c1ccccc1. The van der Waals surface area contributed by atoms with Gasteiger partial charge in [0.05, 0.1) is 31.0 Å². The lowest BCUT2D eigenvalue weighted by molar-refractivity contribution is 0.0301. The number of hydrogen-bond acceptors (Lipinski definition) is 7. The molecule has 1 amide bonds. The highest BCUT2D eigenvalue weighted by molar-refractivity contribution is 6.04. The average Bonchev–Trinajstić information content (AvgIpc) is 3.21. The second kappa shape index (κ2) is 12.0. The maximum atomic E-state index is 13.1. The molecule has 1 aliphatic heterocycles. The Morgan fingerprint density at radius 3 is 2.25 bits per heavy atom. The van der Waals surface area contributed by atoms with Gasteiger partial charge >= 0.3 is 0 Å². The molecule has 1 fully saturated rings. The molecule has 1 aromatic heterocycles. The summed E-state index contributed by atoms with van der Waals surface area (Å²) in [5, 5.41) is 36.8. The molecule has 206 valence electrons. The van der Waals surface area contributed by atoms with Crippen LogP contribution in [-0.2, 0) is 11.3 Å². The van der Waals surface area contributed by atoms with Crippen molar-refractivity contribution in [2.24, 2.45) is 4.99 Å². The van der Waals surface area contributed by atoms with Gasteiger partial charge in [0.1, 0.15) is 5.69 Å². The molecule has 1 saturated heterocycles. The molecule has 40 heavy (non-hydrogen) atoms. The van der Waals surface area contributed by atoms with Crippen LogP contribution in [0.1, 0.15) is 34.8 Å². The van der Waals surface area contributed by atoms with Crippen LogP contribution in [0.4, 0.5) is 17.1 Å². The van der Waals surface area contributed by atoms with E-state index < -0.39 is 0 Å². The van der Waals surface area contributed by atoms with Crippen molar-refractivity contribution in [3.63, 3.8) is 0 Å². The Hall–Kier alpha value is -4.76. The monoisotopic (exact) mass is 540 g/mol. The van der Waals surface area contributed by atoms with Gasteiger partial charge in [0.25, 0.3) is 5.91 Å². The number of benzene rings is 3. The molecule has 9 heteroatoms. The van der Waals surface area contributed by atoms with Gasteiger partial charge in [0.2, 0.25) is 11.8 Å². The Morgan fingerprint density at radius 1 is 0.900 bits per heavy atom. The predicted octanol–water partition coefficient (Wildman–Crippen LogP) is 5.40. The summed E-state index contributed by atoms with van der Waals surface area (Å²) in [5.41, 5.74) is 3.01. The van der Waals surface area contributed by atoms with Gasteiger partial charge in [-0.25, -0.2) is 4.99 Å². The molecule has 0 atom stereocenters. The van der Waals surface area contributed by atoms with E-state index in [1.54, 1.807) is 23.1 Å². The second-order valence-corrected chi connectivity index (χ2v) is 9.45. The highest BCUT2D eigenvalue weighted by atomic mass is 16.5. The number of aromatic nitrogens is 1. The molecular weight excluding hydrogens is 508 g/mol. The number of aromatic hydroxyl groups is 3. The van der Waals surface area contributed by atoms with Crippen LogP contribution in [0, 0.1) is 0 Å². The van der Waals surface area contributed by atoms with Crippen LogP contribution in [0.5, 0.6) is 17.5 Å². The molecule has 3 aromatic carbocycles. The minimum atomic E-state index is -0.311. The van der Waals surface area contributed by atoms with E-state index >= 15 is 0 Å². The fourth-order valence-electron chi connectivity index (χ4n) is 4.72. The molecule has 0 spiro atoms. The molecule has 4 aromatic rings. The van der Waals surface area contributed by atoms with Crippen molar-refractivity contribution in [3.8, 4) is 17.5 Å². The first-order chi connectivity index (χ1) is 19.5. The summed E-state index contributed by atoms with van der Waals surface area (Å²) >= 11 is 0. The summed E-state index contributed by atoms with van der Waals surface area (Å²) in [6.45, 7) is 3.90. The van der Waals surface area contributed by atoms with Crippen LogP contribution in [0.2, 0.25) is 0 Å². The predicted molar refractivity (Wildman–Crippen MR) is 154 cm³/mol. The number of anilines is 2. The maximum absolute atomic E-state index is 13.1. The largest absolute Gasteiger partial charge is 0.505 e. The standard InChI is InChI=1S/C31H32N4O5/c1-2-24(22-12-7-4-8-13-22)32-26-27(31(39)35(30(26)38)20-21-10-5-3-6-11-21)33-25-15-9-14-23(28(25)36)29(37)34-16-18-40-19-17-34/h3-15,33,36,38-39H,2,16-20H2,1H3. The highest BCUT2D eigenvalue weighted by Gasteiger charge is 2.26. The quantitative estimate of drug-likeness (QED) is 0.176. The summed E-state index contributed by atoms with van der Waals surface area (Å²) < 4.78 is 6.69. The molecule has 2 heterocycles. The zero-order valence-electron chi connectivity index (χ0n) is 22.2. The Bertz CT molecular complexity index is 1510. The van der Waals surface area contributed by atoms with Crippen molar-refractivity contribution in [1.29, 1.82) is 0 Å². The van der Waals surface area contributed by atoms with E-state index in [4.69, 9.17) is 9.73 Å². The molecular formula is C31H32N4O5. The minimum Gasteiger partial charge on any atom is -0.505 e. The molecule has 0 radical (unpaired) electrons. The number of carbonyl (C=O) groups is 1. The molecule has 9 nitrogen and oxygen atoms in total. The maximum Gasteiger partial charge on any atom is 0.257 e. The minimum absolute atomic E-state index is 0.113. The summed E-state index contributed by atoms with van der Waals surface area (Å²) in [6.07, 6.45) is 0.572. The van der Waals surface area contributed by atoms with Crippen molar-refractivity contribution >= 4 is 28.7 Å². The third-order valence-electron chi connectivity index (χ3n) is 6.88. The number of carbonyl (C=O) groups excluding carboxylic acids is 1. The lowest BCUT2D eigenvalue weighted by atomic mass is 10.1. The number of morpholine rings is 1. The van der Waals surface area contributed by atoms with Crippen molar-refractivity contribution < 1.29 is 24.9 Å². The number of amides is 1. The normalized spacial score (nSPS) is 13.8. The first-order valence-electron chi connectivity index (χ1n) is 13.2. The lowest BCUT2D eigenvalue weighted by Gasteiger charge is -2.27. The summed E-state index contributed by atoms with van der Waals surface area (Å²) in [5.74, 6) is -1.06. The van der Waals surface area contributed by atoms with Gasteiger partial charge in [-0.3, -0.25) is 9.36 Å². The third-order valence-corrected chi connectivity index (χ3v) is 6.88. The number of hydrogen-bond donors (Lipinski definition) is 4. The zero-order chi connectivity index (χ0) is 28.1. The Balaban J connectivity index is 1.58. The third kappa shape index (κ3) is 5.50. The fourth-order valence-corrected chi connectivity index (χ4v) is 4.72. The molecule has 4 N–H and O–H groups in total. The number of phenolic OH excluding ortho intramolecular Hbond substituents is 1. The molecule has 1 aliphatic rings. The first-order valence-corrected chi connectivity index (χ1v) is 13.2. The van der Waals surface area contributed by atoms with Gasteiger partial charge in [-0.05, 0) is 29.7 Å². The molecule has 5 rings (SSSR count). The summed E-state index contributed by atoms with van der Waals surface area (Å²) in [7, 11) is 0. The number of nitrogens with zero attached hydrogens (tertiary/aromatic N) is 3. The van der Waals surface area contributed by atoms with E-state index in [1.807, 2.05) is 67.6 Å². The van der Waals surface area contributed by atoms with E-state index in [0.717, 1.165) is 11.1 Å². The van der Waals surface area contributed by atoms with Crippen LogP contribution < -0.4 is 5.32 Å². The van der Waals surface area contributed by atoms with Crippen molar-refractivity contribution in [2.75, 3.05) is 31.6 Å². The summed E-state index contributed by atoms with van der Waals surface area (Å²) in [6, 6.07) is 23.8. The van der Waals surface area contributed by atoms with E-state index in [9.17, 15) is 20.1 Å². The number of rotatable bonds is 8.